The maximum atomic E-state index is 10.9. The zero-order valence-corrected chi connectivity index (χ0v) is 9.46. The second kappa shape index (κ2) is 4.53. The van der Waals surface area contributed by atoms with Crippen LogP contribution in [0.1, 0.15) is 10.4 Å². The van der Waals surface area contributed by atoms with Gasteiger partial charge in [-0.25, -0.2) is 0 Å². The van der Waals surface area contributed by atoms with Crippen molar-refractivity contribution >= 4 is 29.0 Å². The van der Waals surface area contributed by atoms with Crippen LogP contribution >= 0.6 is 11.8 Å². The molecule has 0 spiro atoms. The molecule has 0 aliphatic heterocycles. The maximum absolute atomic E-state index is 10.9. The highest BCUT2D eigenvalue weighted by Gasteiger charge is 2.04. The average Bonchev–Trinajstić information content (AvgIpc) is 2.69. The Labute approximate surface area is 93.3 Å². The summed E-state index contributed by atoms with van der Waals surface area (Å²) in [7, 11) is 0. The van der Waals surface area contributed by atoms with E-state index in [9.17, 15) is 4.79 Å². The summed E-state index contributed by atoms with van der Waals surface area (Å²) >= 11 is 1.81. The fraction of sp³-hybridized carbons (Fsp3) is 0.250. The minimum atomic E-state index is 0.776. The summed E-state index contributed by atoms with van der Waals surface area (Å²) in [6.07, 6.45) is 5.07. The number of carbonyl (C=O) groups is 1. The van der Waals surface area contributed by atoms with Crippen molar-refractivity contribution in [3.8, 4) is 0 Å². The van der Waals surface area contributed by atoms with Crippen LogP contribution in [0.2, 0.25) is 0 Å². The molecule has 0 unspecified atom stereocenters. The Morgan fingerprint density at radius 3 is 3.00 bits per heavy atom. The molecule has 0 radical (unpaired) electrons. The van der Waals surface area contributed by atoms with Crippen LogP contribution in [-0.4, -0.2) is 22.9 Å². The molecule has 78 valence electrons. The lowest BCUT2D eigenvalue weighted by atomic mass is 10.1. The Balaban J connectivity index is 2.50. The molecule has 0 amide bonds. The monoisotopic (exact) mass is 219 g/mol. The Bertz CT molecular complexity index is 475. The van der Waals surface area contributed by atoms with Crippen LogP contribution in [0.3, 0.4) is 0 Å². The van der Waals surface area contributed by atoms with Gasteiger partial charge in [0.15, 0.2) is 6.29 Å². The van der Waals surface area contributed by atoms with Crippen LogP contribution in [-0.2, 0) is 6.54 Å². The number of nitrogens with zero attached hydrogens (tertiary/aromatic N) is 1. The molecule has 2 rings (SSSR count). The third kappa shape index (κ3) is 1.92. The number of hydrogen-bond donors (Lipinski definition) is 0. The average molecular weight is 219 g/mol. The number of para-hydroxylation sites is 1. The Hall–Kier alpha value is -1.22. The number of benzene rings is 1. The van der Waals surface area contributed by atoms with Crippen LogP contribution in [0, 0.1) is 0 Å². The molecule has 0 N–H and O–H groups in total. The number of aromatic nitrogens is 1. The van der Waals surface area contributed by atoms with E-state index in [1.807, 2.05) is 36.2 Å². The molecule has 15 heavy (non-hydrogen) atoms. The second-order valence-electron chi connectivity index (χ2n) is 3.40. The van der Waals surface area contributed by atoms with Gasteiger partial charge in [-0.3, -0.25) is 4.79 Å². The molecule has 0 fully saturated rings. The van der Waals surface area contributed by atoms with Gasteiger partial charge < -0.3 is 4.57 Å². The molecule has 2 nitrogen and oxygen atoms in total. The van der Waals surface area contributed by atoms with Gasteiger partial charge in [0.25, 0.3) is 0 Å². The fourth-order valence-electron chi connectivity index (χ4n) is 1.76. The van der Waals surface area contributed by atoms with Crippen LogP contribution in [0.5, 0.6) is 0 Å². The summed E-state index contributed by atoms with van der Waals surface area (Å²) < 4.78 is 2.15. The van der Waals surface area contributed by atoms with E-state index in [1.165, 1.54) is 0 Å². The molecule has 1 aromatic carbocycles. The maximum Gasteiger partial charge on any atom is 0.152 e. The number of aldehydes is 1. The summed E-state index contributed by atoms with van der Waals surface area (Å²) in [5.41, 5.74) is 1.83. The zero-order chi connectivity index (χ0) is 10.7. The first-order valence-corrected chi connectivity index (χ1v) is 6.28. The lowest BCUT2D eigenvalue weighted by Crippen LogP contribution is -2.00. The first-order chi connectivity index (χ1) is 7.36. The minimum Gasteiger partial charge on any atom is -0.346 e. The van der Waals surface area contributed by atoms with Gasteiger partial charge in [0.05, 0.1) is 5.52 Å². The predicted molar refractivity (Wildman–Crippen MR) is 65.7 cm³/mol. The minimum absolute atomic E-state index is 0.776. The van der Waals surface area contributed by atoms with Crippen molar-refractivity contribution in [2.24, 2.45) is 0 Å². The Kier molecular flexibility index (Phi) is 3.11. The van der Waals surface area contributed by atoms with E-state index in [4.69, 9.17) is 0 Å². The van der Waals surface area contributed by atoms with Crippen LogP contribution in [0.15, 0.2) is 30.5 Å². The molecule has 0 saturated heterocycles. The van der Waals surface area contributed by atoms with Gasteiger partial charge in [-0.15, -0.1) is 0 Å². The Morgan fingerprint density at radius 2 is 2.27 bits per heavy atom. The van der Waals surface area contributed by atoms with Gasteiger partial charge in [-0.2, -0.15) is 11.8 Å². The van der Waals surface area contributed by atoms with Crippen LogP contribution < -0.4 is 0 Å². The smallest absolute Gasteiger partial charge is 0.152 e. The van der Waals surface area contributed by atoms with E-state index >= 15 is 0 Å². The number of rotatable bonds is 4. The standard InChI is InChI=1S/C12H13NOS/c1-15-8-7-13-6-5-10-3-2-4-11(9-14)12(10)13/h2-6,9H,7-8H2,1H3. The summed E-state index contributed by atoms with van der Waals surface area (Å²) in [4.78, 5) is 10.9. The number of hydrogen-bond acceptors (Lipinski definition) is 2. The molecule has 2 aromatic rings. The summed E-state index contributed by atoms with van der Waals surface area (Å²) in [5.74, 6) is 1.07. The first-order valence-electron chi connectivity index (χ1n) is 4.89. The van der Waals surface area contributed by atoms with E-state index in [0.717, 1.165) is 35.1 Å². The molecule has 0 saturated carbocycles. The molecular formula is C12H13NOS. The van der Waals surface area contributed by atoms with Crippen LogP contribution in [0.25, 0.3) is 10.9 Å². The summed E-state index contributed by atoms with van der Waals surface area (Å²) in [6.45, 7) is 0.954. The molecule has 0 bridgehead atoms. The van der Waals surface area contributed by atoms with Crippen molar-refractivity contribution in [1.29, 1.82) is 0 Å². The fourth-order valence-corrected chi connectivity index (χ4v) is 2.14. The highest BCUT2D eigenvalue weighted by Crippen LogP contribution is 2.19. The number of aryl methyl sites for hydroxylation is 1. The normalized spacial score (nSPS) is 10.7. The van der Waals surface area contributed by atoms with Crippen molar-refractivity contribution in [1.82, 2.24) is 4.57 Å². The third-order valence-electron chi connectivity index (χ3n) is 2.48. The molecule has 0 atom stereocenters. The molecule has 0 aliphatic carbocycles. The van der Waals surface area contributed by atoms with E-state index in [0.29, 0.717) is 0 Å². The number of thioether (sulfide) groups is 1. The van der Waals surface area contributed by atoms with E-state index in [1.54, 1.807) is 0 Å². The molecule has 1 heterocycles. The Morgan fingerprint density at radius 1 is 1.40 bits per heavy atom. The number of fused-ring (bicyclic) bond motifs is 1. The zero-order valence-electron chi connectivity index (χ0n) is 8.64. The van der Waals surface area contributed by atoms with Crippen molar-refractivity contribution in [3.05, 3.63) is 36.0 Å². The van der Waals surface area contributed by atoms with E-state index < -0.39 is 0 Å². The second-order valence-corrected chi connectivity index (χ2v) is 4.39. The van der Waals surface area contributed by atoms with Crippen LogP contribution in [0.4, 0.5) is 0 Å². The van der Waals surface area contributed by atoms with Gasteiger partial charge in [0, 0.05) is 29.4 Å². The summed E-state index contributed by atoms with van der Waals surface area (Å²) in [5, 5.41) is 1.14. The summed E-state index contributed by atoms with van der Waals surface area (Å²) in [6, 6.07) is 7.89. The van der Waals surface area contributed by atoms with Gasteiger partial charge in [0.2, 0.25) is 0 Å². The van der Waals surface area contributed by atoms with E-state index in [2.05, 4.69) is 16.9 Å². The highest BCUT2D eigenvalue weighted by atomic mass is 32.2. The lowest BCUT2D eigenvalue weighted by molar-refractivity contribution is 0.112. The largest absolute Gasteiger partial charge is 0.346 e. The molecule has 3 heteroatoms. The highest BCUT2D eigenvalue weighted by molar-refractivity contribution is 7.98. The van der Waals surface area contributed by atoms with Gasteiger partial charge in [-0.1, -0.05) is 12.1 Å². The van der Waals surface area contributed by atoms with Gasteiger partial charge in [-0.05, 0) is 18.4 Å². The lowest BCUT2D eigenvalue weighted by Gasteiger charge is -2.05. The van der Waals surface area contributed by atoms with Crippen molar-refractivity contribution in [2.75, 3.05) is 12.0 Å². The predicted octanol–water partition coefficient (Wildman–Crippen LogP) is 2.82. The molecule has 0 aliphatic rings. The molecule has 1 aromatic heterocycles. The van der Waals surface area contributed by atoms with E-state index in [-0.39, 0.29) is 0 Å². The quantitative estimate of drug-likeness (QED) is 0.738. The topological polar surface area (TPSA) is 22.0 Å². The van der Waals surface area contributed by atoms with Crippen molar-refractivity contribution < 1.29 is 4.79 Å². The third-order valence-corrected chi connectivity index (χ3v) is 3.07. The molecular weight excluding hydrogens is 206 g/mol. The van der Waals surface area contributed by atoms with Gasteiger partial charge >= 0.3 is 0 Å². The van der Waals surface area contributed by atoms with Gasteiger partial charge in [0.1, 0.15) is 0 Å². The van der Waals surface area contributed by atoms with Crippen molar-refractivity contribution in [3.63, 3.8) is 0 Å². The SMILES string of the molecule is CSCCn1ccc2cccc(C=O)c21. The van der Waals surface area contributed by atoms with Crippen molar-refractivity contribution in [2.45, 2.75) is 6.54 Å². The first kappa shape index (κ1) is 10.3. The number of carbonyl (C=O) groups excluding carboxylic acids is 1.